The number of likely N-dealkylation sites (N-methyl/N-ethyl adjacent to an activating group) is 1. The van der Waals surface area contributed by atoms with Gasteiger partial charge in [-0.1, -0.05) is 5.16 Å². The third kappa shape index (κ3) is 5.25. The maximum absolute atomic E-state index is 5.10. The third-order valence-corrected chi connectivity index (χ3v) is 1.71. The third-order valence-electron chi connectivity index (χ3n) is 1.71. The van der Waals surface area contributed by atoms with E-state index >= 15 is 0 Å². The summed E-state index contributed by atoms with van der Waals surface area (Å²) in [6, 6.07) is 2.00. The molecule has 1 rings (SSSR count). The maximum atomic E-state index is 5.10. The number of rotatable bonds is 3. The second-order valence-corrected chi connectivity index (χ2v) is 4.20. The zero-order chi connectivity index (χ0) is 9.19. The maximum Gasteiger partial charge on any atom is 0.142 e. The summed E-state index contributed by atoms with van der Waals surface area (Å²) in [4.78, 5) is 0. The molecule has 76 valence electrons. The Balaban J connectivity index is 0.00000144. The van der Waals surface area contributed by atoms with Gasteiger partial charge in [-0.05, 0) is 6.92 Å². The van der Waals surface area contributed by atoms with Crippen LogP contribution in [0.5, 0.6) is 0 Å². The standard InChI is InChI=1S/C9H17N2O.HI/c1-8-7-9(12-10-8)5-6-11(2,3)4;/h7H,5-6H2,1-4H3;1H/q+1;/p-1. The number of nitrogens with zero attached hydrogens (tertiary/aromatic N) is 2. The van der Waals surface area contributed by atoms with Crippen LogP contribution in [-0.4, -0.2) is 37.3 Å². The van der Waals surface area contributed by atoms with Gasteiger partial charge in [-0.15, -0.1) is 0 Å². The first-order chi connectivity index (χ1) is 5.47. The Morgan fingerprint density at radius 1 is 1.38 bits per heavy atom. The lowest BCUT2D eigenvalue weighted by Crippen LogP contribution is -3.00. The molecule has 1 aromatic rings. The molecule has 0 aliphatic heterocycles. The molecule has 0 bridgehead atoms. The van der Waals surface area contributed by atoms with Gasteiger partial charge in [-0.25, -0.2) is 0 Å². The monoisotopic (exact) mass is 296 g/mol. The van der Waals surface area contributed by atoms with Crippen molar-refractivity contribution in [2.75, 3.05) is 27.7 Å². The van der Waals surface area contributed by atoms with Crippen LogP contribution in [0.25, 0.3) is 0 Å². The first kappa shape index (κ1) is 12.9. The summed E-state index contributed by atoms with van der Waals surface area (Å²) in [7, 11) is 6.51. The second-order valence-electron chi connectivity index (χ2n) is 4.20. The van der Waals surface area contributed by atoms with E-state index in [1.165, 1.54) is 0 Å². The van der Waals surface area contributed by atoms with E-state index in [4.69, 9.17) is 4.52 Å². The number of hydrogen-bond acceptors (Lipinski definition) is 2. The summed E-state index contributed by atoms with van der Waals surface area (Å²) in [6.07, 6.45) is 0.963. The molecule has 0 saturated carbocycles. The van der Waals surface area contributed by atoms with Crippen molar-refractivity contribution in [1.82, 2.24) is 5.16 Å². The highest BCUT2D eigenvalue weighted by atomic mass is 127. The van der Waals surface area contributed by atoms with Gasteiger partial charge in [0.05, 0.1) is 39.8 Å². The molecule has 0 atom stereocenters. The Morgan fingerprint density at radius 2 is 2.00 bits per heavy atom. The Morgan fingerprint density at radius 3 is 2.38 bits per heavy atom. The SMILES string of the molecule is Cc1cc(CC[N+](C)(C)C)on1.[I-]. The van der Waals surface area contributed by atoms with Gasteiger partial charge in [-0.2, -0.15) is 0 Å². The lowest BCUT2D eigenvalue weighted by atomic mass is 10.3. The number of aryl methyl sites for hydroxylation is 1. The highest BCUT2D eigenvalue weighted by molar-refractivity contribution is 5.02. The van der Waals surface area contributed by atoms with Crippen LogP contribution >= 0.6 is 0 Å². The van der Waals surface area contributed by atoms with Crippen molar-refractivity contribution in [2.45, 2.75) is 13.3 Å². The minimum Gasteiger partial charge on any atom is -1.00 e. The van der Waals surface area contributed by atoms with Gasteiger partial charge < -0.3 is 33.0 Å². The molecule has 13 heavy (non-hydrogen) atoms. The van der Waals surface area contributed by atoms with Gasteiger partial charge in [0.2, 0.25) is 0 Å². The Labute approximate surface area is 96.7 Å². The molecule has 0 aromatic carbocycles. The molecule has 0 spiro atoms. The summed E-state index contributed by atoms with van der Waals surface area (Å²) >= 11 is 0. The van der Waals surface area contributed by atoms with Crippen LogP contribution in [0.2, 0.25) is 0 Å². The summed E-state index contributed by atoms with van der Waals surface area (Å²) in [6.45, 7) is 3.02. The van der Waals surface area contributed by atoms with Crippen molar-refractivity contribution in [3.63, 3.8) is 0 Å². The summed E-state index contributed by atoms with van der Waals surface area (Å²) in [5.41, 5.74) is 0.964. The highest BCUT2D eigenvalue weighted by Gasteiger charge is 2.09. The van der Waals surface area contributed by atoms with Crippen molar-refractivity contribution in [1.29, 1.82) is 0 Å². The predicted octanol–water partition coefficient (Wildman–Crippen LogP) is -1.76. The van der Waals surface area contributed by atoms with Crippen LogP contribution in [0.4, 0.5) is 0 Å². The molecule has 1 aromatic heterocycles. The zero-order valence-corrected chi connectivity index (χ0v) is 10.8. The average molecular weight is 296 g/mol. The van der Waals surface area contributed by atoms with E-state index in [9.17, 15) is 0 Å². The van der Waals surface area contributed by atoms with Gasteiger partial charge in [0.15, 0.2) is 0 Å². The molecule has 0 saturated heterocycles. The van der Waals surface area contributed by atoms with Crippen molar-refractivity contribution in [3.8, 4) is 0 Å². The van der Waals surface area contributed by atoms with E-state index in [2.05, 4.69) is 26.3 Å². The summed E-state index contributed by atoms with van der Waals surface area (Å²) < 4.78 is 6.06. The van der Waals surface area contributed by atoms with E-state index in [0.29, 0.717) is 0 Å². The van der Waals surface area contributed by atoms with E-state index < -0.39 is 0 Å². The molecule has 3 nitrogen and oxygen atoms in total. The van der Waals surface area contributed by atoms with Crippen LogP contribution in [0, 0.1) is 6.92 Å². The predicted molar refractivity (Wildman–Crippen MR) is 47.8 cm³/mol. The van der Waals surface area contributed by atoms with Crippen LogP contribution in [0.1, 0.15) is 11.5 Å². The van der Waals surface area contributed by atoms with Gasteiger partial charge in [0.1, 0.15) is 5.76 Å². The first-order valence-corrected chi connectivity index (χ1v) is 4.20. The molecule has 0 aliphatic carbocycles. The topological polar surface area (TPSA) is 26.0 Å². The first-order valence-electron chi connectivity index (χ1n) is 4.20. The molecule has 0 aliphatic rings. The minimum atomic E-state index is 0. The number of quaternary nitrogens is 1. The molecule has 4 heteroatoms. The Bertz CT molecular complexity index is 252. The fourth-order valence-corrected chi connectivity index (χ4v) is 0.980. The van der Waals surface area contributed by atoms with Gasteiger partial charge >= 0.3 is 0 Å². The number of aromatic nitrogens is 1. The number of halogens is 1. The molecular weight excluding hydrogens is 279 g/mol. The van der Waals surface area contributed by atoms with Gasteiger partial charge in [0.25, 0.3) is 0 Å². The van der Waals surface area contributed by atoms with E-state index in [0.717, 1.165) is 28.9 Å². The van der Waals surface area contributed by atoms with Crippen molar-refractivity contribution < 1.29 is 33.0 Å². The second kappa shape index (κ2) is 4.95. The molecule has 0 fully saturated rings. The average Bonchev–Trinajstić information content (AvgIpc) is 2.30. The van der Waals surface area contributed by atoms with Crippen molar-refractivity contribution >= 4 is 0 Å². The Hall–Kier alpha value is -0.100. The molecule has 1 heterocycles. The quantitative estimate of drug-likeness (QED) is 0.488. The van der Waals surface area contributed by atoms with Gasteiger partial charge in [0, 0.05) is 6.07 Å². The fraction of sp³-hybridized carbons (Fsp3) is 0.667. The smallest absolute Gasteiger partial charge is 0.142 e. The zero-order valence-electron chi connectivity index (χ0n) is 8.67. The Kier molecular flexibility index (Phi) is 4.91. The normalized spacial score (nSPS) is 11.1. The van der Waals surface area contributed by atoms with E-state index in [-0.39, 0.29) is 24.0 Å². The largest absolute Gasteiger partial charge is 1.00 e. The van der Waals surface area contributed by atoms with E-state index in [1.54, 1.807) is 0 Å². The molecular formula is C9H17IN2O. The van der Waals surface area contributed by atoms with Crippen LogP contribution < -0.4 is 24.0 Å². The van der Waals surface area contributed by atoms with Crippen LogP contribution in [-0.2, 0) is 6.42 Å². The van der Waals surface area contributed by atoms with Crippen LogP contribution in [0.15, 0.2) is 10.6 Å². The van der Waals surface area contributed by atoms with Crippen molar-refractivity contribution in [2.24, 2.45) is 0 Å². The molecule has 0 amide bonds. The molecule has 0 radical (unpaired) electrons. The fourth-order valence-electron chi connectivity index (χ4n) is 0.980. The van der Waals surface area contributed by atoms with Crippen molar-refractivity contribution in [3.05, 3.63) is 17.5 Å². The molecule has 0 N–H and O–H groups in total. The lowest BCUT2D eigenvalue weighted by molar-refractivity contribution is -0.870. The summed E-state index contributed by atoms with van der Waals surface area (Å²) in [5, 5.41) is 3.84. The minimum absolute atomic E-state index is 0. The van der Waals surface area contributed by atoms with Crippen LogP contribution in [0.3, 0.4) is 0 Å². The summed E-state index contributed by atoms with van der Waals surface area (Å²) in [5.74, 6) is 0.987. The lowest BCUT2D eigenvalue weighted by Gasteiger charge is -2.22. The van der Waals surface area contributed by atoms with Gasteiger partial charge in [-0.3, -0.25) is 0 Å². The highest BCUT2D eigenvalue weighted by Crippen LogP contribution is 2.04. The van der Waals surface area contributed by atoms with E-state index in [1.807, 2.05) is 13.0 Å². The number of hydrogen-bond donors (Lipinski definition) is 0. The molecule has 0 unspecified atom stereocenters.